The number of thiocarbonyl (C=S) groups is 1. The van der Waals surface area contributed by atoms with Gasteiger partial charge in [-0.2, -0.15) is 10.2 Å². The number of hydrogen-bond donors (Lipinski definition) is 2. The molecule has 2 aromatic rings. The Labute approximate surface area is 151 Å². The van der Waals surface area contributed by atoms with Gasteiger partial charge in [-0.15, -0.1) is 0 Å². The number of ether oxygens (including phenoxy) is 1. The number of methoxy groups -OCH3 is 1. The first kappa shape index (κ1) is 18.4. The third-order valence-electron chi connectivity index (χ3n) is 3.20. The lowest BCUT2D eigenvalue weighted by molar-refractivity contribution is 0.179. The maximum atomic E-state index is 6.42. The molecule has 1 heterocycles. The van der Waals surface area contributed by atoms with Crippen LogP contribution in [0.2, 0.25) is 5.15 Å². The molecule has 0 radical (unpaired) electrons. The highest BCUT2D eigenvalue weighted by atomic mass is 35.5. The van der Waals surface area contributed by atoms with Gasteiger partial charge in [0.15, 0.2) is 5.11 Å². The molecule has 8 heteroatoms. The van der Waals surface area contributed by atoms with Gasteiger partial charge in [0.2, 0.25) is 0 Å². The lowest BCUT2D eigenvalue weighted by Gasteiger charge is -2.13. The Morgan fingerprint density at radius 2 is 2.17 bits per heavy atom. The second kappa shape index (κ2) is 8.77. The summed E-state index contributed by atoms with van der Waals surface area (Å²) >= 11 is 11.6. The van der Waals surface area contributed by atoms with Crippen molar-refractivity contribution in [2.75, 3.05) is 13.7 Å². The molecule has 24 heavy (non-hydrogen) atoms. The topological polar surface area (TPSA) is 63.5 Å². The lowest BCUT2D eigenvalue weighted by Crippen LogP contribution is -2.40. The van der Waals surface area contributed by atoms with Gasteiger partial charge >= 0.3 is 0 Å². The molecule has 128 valence electrons. The Kier molecular flexibility index (Phi) is 6.72. The molecule has 0 bridgehead atoms. The van der Waals surface area contributed by atoms with Crippen molar-refractivity contribution in [1.82, 2.24) is 20.5 Å². The van der Waals surface area contributed by atoms with Gasteiger partial charge in [-0.05, 0) is 38.2 Å². The molecule has 2 N–H and O–H groups in total. The standard InChI is InChI=1S/C16H20ClN5OS/c1-11(10-23-3)19-16(24)20-18-9-14-12(2)21-22(15(14)17)13-7-5-4-6-8-13/h4-9,11H,10H2,1-3H3,(H2,19,20,24)/b18-9-/t11-/m1/s1. The van der Waals surface area contributed by atoms with Crippen molar-refractivity contribution in [2.45, 2.75) is 19.9 Å². The van der Waals surface area contributed by atoms with E-state index in [-0.39, 0.29) is 6.04 Å². The van der Waals surface area contributed by atoms with Crippen molar-refractivity contribution in [3.8, 4) is 5.69 Å². The van der Waals surface area contributed by atoms with Crippen molar-refractivity contribution < 1.29 is 4.74 Å². The highest BCUT2D eigenvalue weighted by molar-refractivity contribution is 7.80. The summed E-state index contributed by atoms with van der Waals surface area (Å²) < 4.78 is 6.71. The van der Waals surface area contributed by atoms with Crippen LogP contribution >= 0.6 is 23.8 Å². The van der Waals surface area contributed by atoms with Gasteiger partial charge in [0.05, 0.1) is 29.8 Å². The first-order valence-electron chi connectivity index (χ1n) is 7.42. The summed E-state index contributed by atoms with van der Waals surface area (Å²) in [5.74, 6) is 0. The number of halogens is 1. The zero-order chi connectivity index (χ0) is 17.5. The monoisotopic (exact) mass is 365 g/mol. The van der Waals surface area contributed by atoms with Gasteiger partial charge in [0.1, 0.15) is 5.15 Å². The van der Waals surface area contributed by atoms with Crippen LogP contribution in [0, 0.1) is 6.92 Å². The fourth-order valence-electron chi connectivity index (χ4n) is 2.10. The van der Waals surface area contributed by atoms with E-state index in [0.29, 0.717) is 16.9 Å². The van der Waals surface area contributed by atoms with Crippen molar-refractivity contribution >= 4 is 35.1 Å². The number of aryl methyl sites for hydroxylation is 1. The Morgan fingerprint density at radius 3 is 2.83 bits per heavy atom. The maximum absolute atomic E-state index is 6.42. The maximum Gasteiger partial charge on any atom is 0.187 e. The zero-order valence-electron chi connectivity index (χ0n) is 13.8. The van der Waals surface area contributed by atoms with E-state index in [0.717, 1.165) is 16.9 Å². The second-order valence-corrected chi connectivity index (χ2v) is 6.00. The van der Waals surface area contributed by atoms with E-state index in [1.807, 2.05) is 44.2 Å². The van der Waals surface area contributed by atoms with E-state index in [4.69, 9.17) is 28.6 Å². The largest absolute Gasteiger partial charge is 0.383 e. The Morgan fingerprint density at radius 1 is 1.46 bits per heavy atom. The van der Waals surface area contributed by atoms with Gasteiger partial charge < -0.3 is 10.1 Å². The van der Waals surface area contributed by atoms with E-state index >= 15 is 0 Å². The average molecular weight is 366 g/mol. The molecule has 1 atom stereocenters. The molecular weight excluding hydrogens is 346 g/mol. The summed E-state index contributed by atoms with van der Waals surface area (Å²) in [6.07, 6.45) is 1.61. The van der Waals surface area contributed by atoms with Crippen LogP contribution in [0.5, 0.6) is 0 Å². The number of hydrazone groups is 1. The van der Waals surface area contributed by atoms with Crippen LogP contribution in [0.4, 0.5) is 0 Å². The minimum atomic E-state index is 0.0938. The molecular formula is C16H20ClN5OS. The number of nitrogens with zero attached hydrogens (tertiary/aromatic N) is 3. The SMILES string of the molecule is COC[C@@H](C)NC(=S)N/N=C\c1c(C)nn(-c2ccccc2)c1Cl. The Hall–Kier alpha value is -1.96. The fraction of sp³-hybridized carbons (Fsp3) is 0.312. The van der Waals surface area contributed by atoms with Crippen LogP contribution in [0.15, 0.2) is 35.4 Å². The Balaban J connectivity index is 2.05. The minimum absolute atomic E-state index is 0.0938. The number of benzene rings is 1. The number of rotatable bonds is 6. The molecule has 0 saturated heterocycles. The molecule has 0 spiro atoms. The van der Waals surface area contributed by atoms with Crippen molar-refractivity contribution in [3.63, 3.8) is 0 Å². The van der Waals surface area contributed by atoms with E-state index in [2.05, 4.69) is 20.9 Å². The Bertz CT molecular complexity index is 717. The molecule has 2 rings (SSSR count). The molecule has 1 aromatic carbocycles. The van der Waals surface area contributed by atoms with Crippen LogP contribution in [0.25, 0.3) is 5.69 Å². The van der Waals surface area contributed by atoms with Gasteiger partial charge in [-0.25, -0.2) is 4.68 Å². The normalized spacial score (nSPS) is 12.3. The highest BCUT2D eigenvalue weighted by Gasteiger charge is 2.13. The number of hydrogen-bond acceptors (Lipinski definition) is 4. The summed E-state index contributed by atoms with van der Waals surface area (Å²) in [7, 11) is 1.64. The molecule has 0 fully saturated rings. The molecule has 0 aliphatic carbocycles. The van der Waals surface area contributed by atoms with Gasteiger partial charge in [-0.3, -0.25) is 5.43 Å². The number of para-hydroxylation sites is 1. The van der Waals surface area contributed by atoms with Crippen LogP contribution in [-0.4, -0.2) is 40.9 Å². The fourth-order valence-corrected chi connectivity index (χ4v) is 2.68. The molecule has 0 unspecified atom stereocenters. The molecule has 0 amide bonds. The van der Waals surface area contributed by atoms with Crippen molar-refractivity contribution in [2.24, 2.45) is 5.10 Å². The average Bonchev–Trinajstić information content (AvgIpc) is 2.84. The zero-order valence-corrected chi connectivity index (χ0v) is 15.4. The summed E-state index contributed by atoms with van der Waals surface area (Å²) in [6, 6.07) is 9.78. The van der Waals surface area contributed by atoms with Crippen LogP contribution in [-0.2, 0) is 4.74 Å². The molecule has 0 saturated carbocycles. The van der Waals surface area contributed by atoms with Gasteiger partial charge in [0.25, 0.3) is 0 Å². The molecule has 0 aliphatic heterocycles. The smallest absolute Gasteiger partial charge is 0.187 e. The predicted molar refractivity (Wildman–Crippen MR) is 101 cm³/mol. The minimum Gasteiger partial charge on any atom is -0.383 e. The molecule has 1 aromatic heterocycles. The van der Waals surface area contributed by atoms with Crippen LogP contribution in [0.1, 0.15) is 18.2 Å². The summed E-state index contributed by atoms with van der Waals surface area (Å²) in [6.45, 7) is 4.40. The van der Waals surface area contributed by atoms with Crippen molar-refractivity contribution in [1.29, 1.82) is 0 Å². The first-order chi connectivity index (χ1) is 11.5. The predicted octanol–water partition coefficient (Wildman–Crippen LogP) is 2.67. The summed E-state index contributed by atoms with van der Waals surface area (Å²) in [5.41, 5.74) is 5.17. The quantitative estimate of drug-likeness (QED) is 0.468. The van der Waals surface area contributed by atoms with Gasteiger partial charge in [-0.1, -0.05) is 29.8 Å². The van der Waals surface area contributed by atoms with Crippen LogP contribution < -0.4 is 10.7 Å². The van der Waals surface area contributed by atoms with E-state index in [1.165, 1.54) is 0 Å². The van der Waals surface area contributed by atoms with E-state index in [9.17, 15) is 0 Å². The van der Waals surface area contributed by atoms with E-state index in [1.54, 1.807) is 18.0 Å². The highest BCUT2D eigenvalue weighted by Crippen LogP contribution is 2.21. The summed E-state index contributed by atoms with van der Waals surface area (Å²) in [4.78, 5) is 0. The molecule has 0 aliphatic rings. The lowest BCUT2D eigenvalue weighted by atomic mass is 10.3. The van der Waals surface area contributed by atoms with Gasteiger partial charge in [0, 0.05) is 13.2 Å². The number of aromatic nitrogens is 2. The first-order valence-corrected chi connectivity index (χ1v) is 8.20. The van der Waals surface area contributed by atoms with Crippen LogP contribution in [0.3, 0.4) is 0 Å². The summed E-state index contributed by atoms with van der Waals surface area (Å²) in [5, 5.41) is 12.5. The van der Waals surface area contributed by atoms with Crippen molar-refractivity contribution in [3.05, 3.63) is 46.7 Å². The molecule has 6 nitrogen and oxygen atoms in total. The number of nitrogens with one attached hydrogen (secondary N) is 2. The third kappa shape index (κ3) is 4.77. The second-order valence-electron chi connectivity index (χ2n) is 5.24. The van der Waals surface area contributed by atoms with E-state index < -0.39 is 0 Å². The third-order valence-corrected chi connectivity index (χ3v) is 3.78.